The highest BCUT2D eigenvalue weighted by Crippen LogP contribution is 2.30. The Hall–Kier alpha value is -2.81. The number of anilines is 1. The molecular formula is C15H16N6O2S. The van der Waals surface area contributed by atoms with E-state index in [-0.39, 0.29) is 0 Å². The number of hydrogen-bond acceptors (Lipinski definition) is 7. The lowest BCUT2D eigenvalue weighted by molar-refractivity contribution is 0.392. The number of aromatic nitrogens is 5. The van der Waals surface area contributed by atoms with Crippen molar-refractivity contribution >= 4 is 26.9 Å². The molecule has 4 aromatic heterocycles. The van der Waals surface area contributed by atoms with Gasteiger partial charge in [-0.05, 0) is 6.07 Å². The van der Waals surface area contributed by atoms with Gasteiger partial charge in [0.2, 0.25) is 10.1 Å². The maximum absolute atomic E-state index is 5.42. The molecule has 0 radical (unpaired) electrons. The van der Waals surface area contributed by atoms with Crippen LogP contribution >= 0.6 is 11.3 Å². The first-order valence-corrected chi connectivity index (χ1v) is 8.06. The average molecular weight is 344 g/mol. The summed E-state index contributed by atoms with van der Waals surface area (Å²) in [6, 6.07) is 3.77. The molecule has 0 saturated heterocycles. The lowest BCUT2D eigenvalue weighted by atomic mass is 10.3. The summed E-state index contributed by atoms with van der Waals surface area (Å²) in [6.45, 7) is 0. The molecule has 0 saturated carbocycles. The van der Waals surface area contributed by atoms with Crippen LogP contribution < -0.4 is 14.4 Å². The van der Waals surface area contributed by atoms with Crippen LogP contribution in [0, 0.1) is 0 Å². The minimum absolute atomic E-state index is 0.678. The molecule has 4 rings (SSSR count). The van der Waals surface area contributed by atoms with Gasteiger partial charge in [-0.2, -0.15) is 5.10 Å². The number of nitrogens with zero attached hydrogens (tertiary/aromatic N) is 6. The van der Waals surface area contributed by atoms with Crippen molar-refractivity contribution in [2.45, 2.75) is 0 Å². The van der Waals surface area contributed by atoms with Gasteiger partial charge < -0.3 is 14.4 Å². The van der Waals surface area contributed by atoms with Gasteiger partial charge in [0.15, 0.2) is 0 Å². The second-order valence-electron chi connectivity index (χ2n) is 5.44. The van der Waals surface area contributed by atoms with Crippen molar-refractivity contribution in [3.05, 3.63) is 24.5 Å². The van der Waals surface area contributed by atoms with Gasteiger partial charge in [-0.1, -0.05) is 11.3 Å². The van der Waals surface area contributed by atoms with Crippen LogP contribution in [0.25, 0.3) is 21.9 Å². The van der Waals surface area contributed by atoms with Crippen molar-refractivity contribution < 1.29 is 9.47 Å². The third kappa shape index (κ3) is 2.24. The van der Waals surface area contributed by atoms with Gasteiger partial charge in [-0.3, -0.25) is 0 Å². The zero-order valence-electron chi connectivity index (χ0n) is 13.7. The number of ether oxygens (including phenoxy) is 2. The molecule has 4 aromatic rings. The summed E-state index contributed by atoms with van der Waals surface area (Å²) in [7, 11) is 7.16. The fraction of sp³-hybridized carbons (Fsp3) is 0.267. The molecule has 0 unspecified atom stereocenters. The molecule has 0 atom stereocenters. The van der Waals surface area contributed by atoms with Crippen LogP contribution in [-0.2, 0) is 0 Å². The first kappa shape index (κ1) is 14.8. The predicted octanol–water partition coefficient (Wildman–Crippen LogP) is 2.19. The maximum Gasteiger partial charge on any atom is 0.214 e. The van der Waals surface area contributed by atoms with E-state index < -0.39 is 0 Å². The first-order chi connectivity index (χ1) is 11.6. The third-order valence-corrected chi connectivity index (χ3v) is 4.73. The van der Waals surface area contributed by atoms with E-state index in [1.165, 1.54) is 11.3 Å². The third-order valence-electron chi connectivity index (χ3n) is 3.64. The van der Waals surface area contributed by atoms with Gasteiger partial charge in [0.25, 0.3) is 0 Å². The zero-order chi connectivity index (χ0) is 16.8. The summed E-state index contributed by atoms with van der Waals surface area (Å²) in [5.41, 5.74) is 2.38. The minimum Gasteiger partial charge on any atom is -0.495 e. The Labute approximate surface area is 141 Å². The molecule has 0 aliphatic carbocycles. The number of fused-ring (bicyclic) bond motifs is 2. The van der Waals surface area contributed by atoms with Crippen LogP contribution in [0.2, 0.25) is 0 Å². The molecule has 0 spiro atoms. The topological polar surface area (TPSA) is 69.2 Å². The van der Waals surface area contributed by atoms with E-state index in [1.807, 2.05) is 43.5 Å². The van der Waals surface area contributed by atoms with E-state index in [2.05, 4.69) is 15.2 Å². The van der Waals surface area contributed by atoms with E-state index in [4.69, 9.17) is 9.47 Å². The Morgan fingerprint density at radius 1 is 1.00 bits per heavy atom. The first-order valence-electron chi connectivity index (χ1n) is 7.24. The summed E-state index contributed by atoms with van der Waals surface area (Å²) in [5.74, 6) is 1.37. The molecule has 9 heteroatoms. The van der Waals surface area contributed by atoms with Crippen LogP contribution in [0.3, 0.4) is 0 Å². The average Bonchev–Trinajstić information content (AvgIpc) is 3.24. The van der Waals surface area contributed by atoms with E-state index in [0.717, 1.165) is 27.0 Å². The van der Waals surface area contributed by atoms with Crippen LogP contribution in [0.15, 0.2) is 24.5 Å². The molecule has 4 heterocycles. The van der Waals surface area contributed by atoms with E-state index >= 15 is 0 Å². The summed E-state index contributed by atoms with van der Waals surface area (Å²) in [5, 5.41) is 9.98. The molecule has 0 bridgehead atoms. The lowest BCUT2D eigenvalue weighted by Gasteiger charge is -2.05. The smallest absolute Gasteiger partial charge is 0.214 e. The van der Waals surface area contributed by atoms with Crippen LogP contribution in [0.4, 0.5) is 5.13 Å². The number of imidazole rings is 1. The number of pyridine rings is 1. The molecule has 124 valence electrons. The molecule has 0 fully saturated rings. The molecule has 0 amide bonds. The SMILES string of the molecule is COc1cc(OC)c2cc(-c3cn4nc(N(C)C)sc4n3)nn2c1. The monoisotopic (exact) mass is 344 g/mol. The second-order valence-corrected chi connectivity index (χ2v) is 6.37. The number of methoxy groups -OCH3 is 2. The van der Waals surface area contributed by atoms with Gasteiger partial charge in [-0.25, -0.2) is 14.0 Å². The van der Waals surface area contributed by atoms with E-state index in [0.29, 0.717) is 11.5 Å². The van der Waals surface area contributed by atoms with Crippen molar-refractivity contribution in [2.24, 2.45) is 0 Å². The van der Waals surface area contributed by atoms with Crippen molar-refractivity contribution in [3.8, 4) is 22.9 Å². The molecular weight excluding hydrogens is 328 g/mol. The van der Waals surface area contributed by atoms with Crippen LogP contribution in [-0.4, -0.2) is 52.5 Å². The number of rotatable bonds is 4. The van der Waals surface area contributed by atoms with E-state index in [1.54, 1.807) is 23.3 Å². The zero-order valence-corrected chi connectivity index (χ0v) is 14.5. The molecule has 0 aromatic carbocycles. The van der Waals surface area contributed by atoms with Crippen molar-refractivity contribution in [3.63, 3.8) is 0 Å². The molecule has 0 N–H and O–H groups in total. The van der Waals surface area contributed by atoms with Crippen molar-refractivity contribution in [1.29, 1.82) is 0 Å². The Kier molecular flexibility index (Phi) is 3.31. The summed E-state index contributed by atoms with van der Waals surface area (Å²) >= 11 is 1.53. The highest BCUT2D eigenvalue weighted by atomic mass is 32.1. The van der Waals surface area contributed by atoms with Gasteiger partial charge in [-0.15, -0.1) is 5.10 Å². The Morgan fingerprint density at radius 3 is 2.50 bits per heavy atom. The minimum atomic E-state index is 0.678. The molecule has 8 nitrogen and oxygen atoms in total. The maximum atomic E-state index is 5.42. The Balaban J connectivity index is 1.82. The fourth-order valence-corrected chi connectivity index (χ4v) is 3.24. The van der Waals surface area contributed by atoms with E-state index in [9.17, 15) is 0 Å². The second kappa shape index (κ2) is 5.38. The summed E-state index contributed by atoms with van der Waals surface area (Å²) in [4.78, 5) is 7.41. The van der Waals surface area contributed by atoms with Crippen molar-refractivity contribution in [2.75, 3.05) is 33.2 Å². The number of hydrogen-bond donors (Lipinski definition) is 0. The Bertz CT molecular complexity index is 1000. The standard InChI is InChI=1S/C15H16N6O2S/c1-19(2)15-18-21-8-11(16-14(21)24-15)10-6-12-13(23-4)5-9(22-3)7-20(12)17-10/h5-8H,1-4H3. The molecule has 0 aliphatic rings. The highest BCUT2D eigenvalue weighted by molar-refractivity contribution is 7.20. The normalized spacial score (nSPS) is 11.3. The van der Waals surface area contributed by atoms with Gasteiger partial charge in [0, 0.05) is 20.2 Å². The lowest BCUT2D eigenvalue weighted by Crippen LogP contribution is -2.08. The van der Waals surface area contributed by atoms with Crippen LogP contribution in [0.1, 0.15) is 0 Å². The van der Waals surface area contributed by atoms with Crippen LogP contribution in [0.5, 0.6) is 11.5 Å². The fourth-order valence-electron chi connectivity index (χ4n) is 2.43. The van der Waals surface area contributed by atoms with Crippen molar-refractivity contribution in [1.82, 2.24) is 24.2 Å². The largest absolute Gasteiger partial charge is 0.495 e. The predicted molar refractivity (Wildman–Crippen MR) is 92.5 cm³/mol. The molecule has 0 aliphatic heterocycles. The van der Waals surface area contributed by atoms with Gasteiger partial charge in [0.05, 0.1) is 26.6 Å². The van der Waals surface area contributed by atoms with Gasteiger partial charge in [0.1, 0.15) is 28.4 Å². The highest BCUT2D eigenvalue weighted by Gasteiger charge is 2.15. The Morgan fingerprint density at radius 2 is 1.83 bits per heavy atom. The summed E-state index contributed by atoms with van der Waals surface area (Å²) in [6.07, 6.45) is 3.69. The van der Waals surface area contributed by atoms with Gasteiger partial charge >= 0.3 is 0 Å². The molecule has 24 heavy (non-hydrogen) atoms. The quantitative estimate of drug-likeness (QED) is 0.565. The summed E-state index contributed by atoms with van der Waals surface area (Å²) < 4.78 is 14.2.